The van der Waals surface area contributed by atoms with Crippen LogP contribution in [0.2, 0.25) is 0 Å². The van der Waals surface area contributed by atoms with E-state index in [1.807, 2.05) is 0 Å². The second-order valence-electron chi connectivity index (χ2n) is 5.09. The van der Waals surface area contributed by atoms with Crippen LogP contribution in [0.1, 0.15) is 11.4 Å². The molecule has 0 fully saturated rings. The van der Waals surface area contributed by atoms with Gasteiger partial charge in [0, 0.05) is 11.1 Å². The van der Waals surface area contributed by atoms with Gasteiger partial charge in [0.25, 0.3) is 5.56 Å². The van der Waals surface area contributed by atoms with Gasteiger partial charge >= 0.3 is 0 Å². The Morgan fingerprint density at radius 3 is 2.74 bits per heavy atom. The number of aryl methyl sites for hydroxylation is 1. The molecule has 3 N–H and O–H groups in total. The highest BCUT2D eigenvalue weighted by Gasteiger charge is 2.13. The van der Waals surface area contributed by atoms with Crippen molar-refractivity contribution in [3.63, 3.8) is 0 Å². The minimum absolute atomic E-state index is 0.0493. The Labute approximate surface area is 131 Å². The molecular formula is C16H14N4O3. The van der Waals surface area contributed by atoms with E-state index in [0.717, 1.165) is 0 Å². The van der Waals surface area contributed by atoms with Gasteiger partial charge in [-0.1, -0.05) is 18.2 Å². The topological polar surface area (TPSA) is 108 Å². The van der Waals surface area contributed by atoms with Gasteiger partial charge in [0.05, 0.1) is 17.5 Å². The molecule has 0 atom stereocenters. The van der Waals surface area contributed by atoms with Crippen molar-refractivity contribution < 1.29 is 9.90 Å². The second kappa shape index (κ2) is 5.88. The third-order valence-electron chi connectivity index (χ3n) is 3.37. The maximum Gasteiger partial charge on any atom is 0.272 e. The molecule has 1 amide bonds. The number of pyridine rings is 1. The SMILES string of the molecule is Cc1ccc(O)c(NC(=O)Cc2n[nH]c(=O)c3ccccc23)n1. The van der Waals surface area contributed by atoms with E-state index in [-0.39, 0.29) is 29.5 Å². The molecule has 0 bridgehead atoms. The molecule has 116 valence electrons. The molecule has 7 heteroatoms. The molecule has 7 nitrogen and oxygen atoms in total. The van der Waals surface area contributed by atoms with Gasteiger partial charge in [0.1, 0.15) is 0 Å². The summed E-state index contributed by atoms with van der Waals surface area (Å²) in [5.41, 5.74) is 0.818. The lowest BCUT2D eigenvalue weighted by molar-refractivity contribution is -0.115. The number of aromatic amines is 1. The zero-order chi connectivity index (χ0) is 16.4. The van der Waals surface area contributed by atoms with Crippen LogP contribution in [0.25, 0.3) is 10.8 Å². The molecule has 3 aromatic rings. The van der Waals surface area contributed by atoms with Crippen molar-refractivity contribution in [2.75, 3.05) is 5.32 Å². The van der Waals surface area contributed by atoms with Gasteiger partial charge in [0.15, 0.2) is 11.6 Å². The Kier molecular flexibility index (Phi) is 3.76. The summed E-state index contributed by atoms with van der Waals surface area (Å²) >= 11 is 0. The first-order valence-electron chi connectivity index (χ1n) is 6.97. The standard InChI is InChI=1S/C16H14N4O3/c1-9-6-7-13(21)15(17-9)18-14(22)8-12-10-4-2-3-5-11(10)16(23)20-19-12/h2-7,21H,8H2,1H3,(H,20,23)(H,17,18,22). The molecule has 3 rings (SSSR count). The first-order valence-corrected chi connectivity index (χ1v) is 6.97. The lowest BCUT2D eigenvalue weighted by atomic mass is 10.1. The molecule has 0 aliphatic carbocycles. The van der Waals surface area contributed by atoms with Crippen molar-refractivity contribution in [3.8, 4) is 5.75 Å². The van der Waals surface area contributed by atoms with Crippen LogP contribution in [-0.4, -0.2) is 26.2 Å². The van der Waals surface area contributed by atoms with Gasteiger partial charge < -0.3 is 10.4 Å². The fourth-order valence-electron chi connectivity index (χ4n) is 2.28. The van der Waals surface area contributed by atoms with Crippen LogP contribution in [0, 0.1) is 6.92 Å². The second-order valence-corrected chi connectivity index (χ2v) is 5.09. The maximum absolute atomic E-state index is 12.2. The molecule has 0 radical (unpaired) electrons. The number of amides is 1. The number of rotatable bonds is 3. The van der Waals surface area contributed by atoms with Gasteiger partial charge in [-0.05, 0) is 25.1 Å². The zero-order valence-electron chi connectivity index (χ0n) is 12.3. The number of nitrogens with zero attached hydrogens (tertiary/aromatic N) is 2. The number of fused-ring (bicyclic) bond motifs is 1. The Bertz CT molecular complexity index is 949. The van der Waals surface area contributed by atoms with Gasteiger partial charge in [-0.15, -0.1) is 0 Å². The minimum atomic E-state index is -0.386. The number of aromatic hydroxyl groups is 1. The van der Waals surface area contributed by atoms with Gasteiger partial charge in [-0.2, -0.15) is 5.10 Å². The third kappa shape index (κ3) is 3.03. The van der Waals surface area contributed by atoms with Crippen molar-refractivity contribution in [3.05, 3.63) is 58.1 Å². The van der Waals surface area contributed by atoms with E-state index >= 15 is 0 Å². The van der Waals surface area contributed by atoms with E-state index in [1.165, 1.54) is 6.07 Å². The molecule has 0 saturated heterocycles. The number of hydrogen-bond acceptors (Lipinski definition) is 5. The number of nitrogens with one attached hydrogen (secondary N) is 2. The number of carbonyl (C=O) groups is 1. The largest absolute Gasteiger partial charge is 0.504 e. The minimum Gasteiger partial charge on any atom is -0.504 e. The highest BCUT2D eigenvalue weighted by molar-refractivity contribution is 5.95. The van der Waals surface area contributed by atoms with Gasteiger partial charge in [0.2, 0.25) is 5.91 Å². The summed E-state index contributed by atoms with van der Waals surface area (Å²) in [4.78, 5) is 28.0. The molecule has 2 aromatic heterocycles. The van der Waals surface area contributed by atoms with Crippen LogP contribution < -0.4 is 10.9 Å². The average molecular weight is 310 g/mol. The fourth-order valence-corrected chi connectivity index (χ4v) is 2.28. The average Bonchev–Trinajstić information content (AvgIpc) is 2.54. The lowest BCUT2D eigenvalue weighted by Gasteiger charge is -2.08. The van der Waals surface area contributed by atoms with Crippen molar-refractivity contribution in [1.82, 2.24) is 15.2 Å². The van der Waals surface area contributed by atoms with E-state index in [1.54, 1.807) is 37.3 Å². The Morgan fingerprint density at radius 1 is 1.22 bits per heavy atom. The van der Waals surface area contributed by atoms with E-state index in [2.05, 4.69) is 20.5 Å². The van der Waals surface area contributed by atoms with Crippen LogP contribution in [0.5, 0.6) is 5.75 Å². The van der Waals surface area contributed by atoms with Crippen molar-refractivity contribution >= 4 is 22.5 Å². The molecule has 0 unspecified atom stereocenters. The van der Waals surface area contributed by atoms with Gasteiger partial charge in [-0.3, -0.25) is 9.59 Å². The van der Waals surface area contributed by atoms with E-state index in [9.17, 15) is 14.7 Å². The summed E-state index contributed by atoms with van der Waals surface area (Å²) in [5.74, 6) is -0.393. The smallest absolute Gasteiger partial charge is 0.272 e. The molecule has 0 saturated carbocycles. The Balaban J connectivity index is 1.88. The summed E-state index contributed by atoms with van der Waals surface area (Å²) in [6.45, 7) is 1.76. The first-order chi connectivity index (χ1) is 11.0. The van der Waals surface area contributed by atoms with Gasteiger partial charge in [-0.25, -0.2) is 10.1 Å². The Morgan fingerprint density at radius 2 is 1.96 bits per heavy atom. The molecule has 23 heavy (non-hydrogen) atoms. The maximum atomic E-state index is 12.2. The van der Waals surface area contributed by atoms with Crippen LogP contribution in [0.3, 0.4) is 0 Å². The van der Waals surface area contributed by atoms with E-state index in [0.29, 0.717) is 22.2 Å². The fraction of sp³-hybridized carbons (Fsp3) is 0.125. The van der Waals surface area contributed by atoms with Crippen molar-refractivity contribution in [2.45, 2.75) is 13.3 Å². The summed E-state index contributed by atoms with van der Waals surface area (Å²) in [5, 5.41) is 19.7. The number of H-pyrrole nitrogens is 1. The van der Waals surface area contributed by atoms with Crippen LogP contribution in [0.15, 0.2) is 41.2 Å². The summed E-state index contributed by atoms with van der Waals surface area (Å²) in [6.07, 6.45) is -0.0493. The van der Waals surface area contributed by atoms with Crippen molar-refractivity contribution in [1.29, 1.82) is 0 Å². The molecule has 0 aliphatic rings. The molecule has 2 heterocycles. The third-order valence-corrected chi connectivity index (χ3v) is 3.37. The lowest BCUT2D eigenvalue weighted by Crippen LogP contribution is -2.19. The summed E-state index contributed by atoms with van der Waals surface area (Å²) in [7, 11) is 0. The van der Waals surface area contributed by atoms with Crippen molar-refractivity contribution in [2.24, 2.45) is 0 Å². The quantitative estimate of drug-likeness (QED) is 0.679. The number of carbonyl (C=O) groups excluding carboxylic acids is 1. The molecule has 0 spiro atoms. The number of aromatic nitrogens is 3. The predicted octanol–water partition coefficient (Wildman–Crippen LogP) is 1.51. The van der Waals surface area contributed by atoms with Crippen LogP contribution in [0.4, 0.5) is 5.82 Å². The monoisotopic (exact) mass is 310 g/mol. The summed E-state index contributed by atoms with van der Waals surface area (Å²) < 4.78 is 0. The highest BCUT2D eigenvalue weighted by Crippen LogP contribution is 2.20. The molecule has 1 aromatic carbocycles. The first kappa shape index (κ1) is 14.7. The van der Waals surface area contributed by atoms with Crippen LogP contribution in [-0.2, 0) is 11.2 Å². The normalized spacial score (nSPS) is 10.7. The number of hydrogen-bond donors (Lipinski definition) is 3. The zero-order valence-corrected chi connectivity index (χ0v) is 12.3. The number of anilines is 1. The Hall–Kier alpha value is -3.22. The van der Waals surface area contributed by atoms with E-state index < -0.39 is 0 Å². The van der Waals surface area contributed by atoms with E-state index in [4.69, 9.17) is 0 Å². The number of benzene rings is 1. The van der Waals surface area contributed by atoms with Crippen LogP contribution >= 0.6 is 0 Å². The summed E-state index contributed by atoms with van der Waals surface area (Å²) in [6, 6.07) is 10.0. The predicted molar refractivity (Wildman–Crippen MR) is 85.3 cm³/mol. The highest BCUT2D eigenvalue weighted by atomic mass is 16.3. The molecule has 0 aliphatic heterocycles. The molecular weight excluding hydrogens is 296 g/mol.